The van der Waals surface area contributed by atoms with E-state index >= 15 is 0 Å². The van der Waals surface area contributed by atoms with Gasteiger partial charge in [-0.15, -0.1) is 0 Å². The molecular formula is C14H13BrClN3O. The first-order chi connectivity index (χ1) is 9.58. The van der Waals surface area contributed by atoms with Crippen LogP contribution in [0.25, 0.3) is 0 Å². The van der Waals surface area contributed by atoms with Gasteiger partial charge in [-0.25, -0.2) is 4.68 Å². The smallest absolute Gasteiger partial charge is 0.287 e. The normalized spacial score (nSPS) is 14.2. The quantitative estimate of drug-likeness (QED) is 0.790. The second kappa shape index (κ2) is 5.22. The van der Waals surface area contributed by atoms with Gasteiger partial charge in [-0.2, -0.15) is 5.10 Å². The first-order valence-electron chi connectivity index (χ1n) is 6.31. The second-order valence-electron chi connectivity index (χ2n) is 4.82. The van der Waals surface area contributed by atoms with Crippen molar-refractivity contribution < 1.29 is 0 Å². The van der Waals surface area contributed by atoms with E-state index in [0.29, 0.717) is 5.69 Å². The topological polar surface area (TPSA) is 38.1 Å². The number of fused-ring (bicyclic) bond motifs is 1. The lowest BCUT2D eigenvalue weighted by atomic mass is 10.00. The van der Waals surface area contributed by atoms with Crippen LogP contribution >= 0.6 is 27.5 Å². The van der Waals surface area contributed by atoms with Crippen LogP contribution in [-0.4, -0.2) is 16.3 Å². The highest BCUT2D eigenvalue weighted by Crippen LogP contribution is 2.31. The molecule has 20 heavy (non-hydrogen) atoms. The van der Waals surface area contributed by atoms with Gasteiger partial charge in [0.25, 0.3) is 5.56 Å². The van der Waals surface area contributed by atoms with Crippen LogP contribution in [0.2, 0.25) is 5.02 Å². The Labute approximate surface area is 130 Å². The molecule has 0 N–H and O–H groups in total. The summed E-state index contributed by atoms with van der Waals surface area (Å²) in [5.74, 6) is 0. The zero-order chi connectivity index (χ0) is 14.3. The van der Waals surface area contributed by atoms with Crippen molar-refractivity contribution in [3.63, 3.8) is 0 Å². The number of aromatic nitrogens is 2. The van der Waals surface area contributed by atoms with Crippen molar-refractivity contribution in [1.82, 2.24) is 9.78 Å². The zero-order valence-electron chi connectivity index (χ0n) is 10.9. The molecule has 3 rings (SSSR count). The molecule has 0 unspecified atom stereocenters. The van der Waals surface area contributed by atoms with E-state index < -0.39 is 0 Å². The van der Waals surface area contributed by atoms with Gasteiger partial charge in [0.1, 0.15) is 5.02 Å². The number of rotatable bonds is 1. The van der Waals surface area contributed by atoms with Gasteiger partial charge in [0, 0.05) is 24.6 Å². The average Bonchev–Trinajstić information content (AvgIpc) is 2.45. The third-order valence-electron chi connectivity index (χ3n) is 3.62. The van der Waals surface area contributed by atoms with Crippen molar-refractivity contribution in [3.8, 4) is 0 Å². The van der Waals surface area contributed by atoms with Crippen LogP contribution in [0.4, 0.5) is 5.69 Å². The fraction of sp³-hybridized carbons (Fsp3) is 0.286. The van der Waals surface area contributed by atoms with E-state index in [1.807, 2.05) is 12.1 Å². The van der Waals surface area contributed by atoms with E-state index in [1.54, 1.807) is 13.2 Å². The highest BCUT2D eigenvalue weighted by atomic mass is 79.9. The molecule has 1 aliphatic rings. The molecular weight excluding hydrogens is 342 g/mol. The Bertz CT molecular complexity index is 729. The van der Waals surface area contributed by atoms with E-state index in [-0.39, 0.29) is 10.6 Å². The van der Waals surface area contributed by atoms with E-state index in [2.05, 4.69) is 32.0 Å². The highest BCUT2D eigenvalue weighted by Gasteiger charge is 2.21. The van der Waals surface area contributed by atoms with Gasteiger partial charge in [0.05, 0.1) is 11.9 Å². The maximum absolute atomic E-state index is 11.9. The molecule has 6 heteroatoms. The number of nitrogens with zero attached hydrogens (tertiary/aromatic N) is 3. The van der Waals surface area contributed by atoms with Gasteiger partial charge in [0.15, 0.2) is 0 Å². The molecule has 0 bridgehead atoms. The number of halogens is 2. The number of hydrogen-bond donors (Lipinski definition) is 0. The predicted molar refractivity (Wildman–Crippen MR) is 83.4 cm³/mol. The molecule has 104 valence electrons. The standard InChI is InChI=1S/C14H13BrClN3O/c1-18-14(20)13(16)12(7-17-18)19-6-5-9-3-2-4-11(15)10(9)8-19/h2-4,7H,5-6,8H2,1H3. The van der Waals surface area contributed by atoms with Crippen molar-refractivity contribution >= 4 is 33.2 Å². The fourth-order valence-corrected chi connectivity index (χ4v) is 3.29. The first kappa shape index (κ1) is 13.6. The summed E-state index contributed by atoms with van der Waals surface area (Å²) in [4.78, 5) is 14.0. The summed E-state index contributed by atoms with van der Waals surface area (Å²) in [7, 11) is 1.60. The van der Waals surface area contributed by atoms with Gasteiger partial charge in [-0.3, -0.25) is 4.79 Å². The van der Waals surface area contributed by atoms with Gasteiger partial charge < -0.3 is 4.90 Å². The molecule has 0 fully saturated rings. The summed E-state index contributed by atoms with van der Waals surface area (Å²) < 4.78 is 2.34. The van der Waals surface area contributed by atoms with E-state index in [4.69, 9.17) is 11.6 Å². The van der Waals surface area contributed by atoms with Gasteiger partial charge in [0.2, 0.25) is 0 Å². The third-order valence-corrected chi connectivity index (χ3v) is 4.71. The molecule has 0 radical (unpaired) electrons. The molecule has 0 spiro atoms. The van der Waals surface area contributed by atoms with Gasteiger partial charge in [-0.05, 0) is 23.6 Å². The highest BCUT2D eigenvalue weighted by molar-refractivity contribution is 9.10. The molecule has 1 aliphatic heterocycles. The fourth-order valence-electron chi connectivity index (χ4n) is 2.47. The Balaban J connectivity index is 2.01. The average molecular weight is 355 g/mol. The maximum Gasteiger partial charge on any atom is 0.287 e. The lowest BCUT2D eigenvalue weighted by Gasteiger charge is -2.31. The van der Waals surface area contributed by atoms with Gasteiger partial charge in [-0.1, -0.05) is 39.7 Å². The molecule has 2 aromatic rings. The van der Waals surface area contributed by atoms with Crippen LogP contribution in [-0.2, 0) is 20.0 Å². The van der Waals surface area contributed by atoms with Crippen molar-refractivity contribution in [1.29, 1.82) is 0 Å². The molecule has 0 saturated heterocycles. The van der Waals surface area contributed by atoms with E-state index in [0.717, 1.165) is 24.0 Å². The van der Waals surface area contributed by atoms with Crippen LogP contribution < -0.4 is 10.5 Å². The van der Waals surface area contributed by atoms with Crippen molar-refractivity contribution in [2.45, 2.75) is 13.0 Å². The van der Waals surface area contributed by atoms with Crippen LogP contribution in [0.5, 0.6) is 0 Å². The van der Waals surface area contributed by atoms with Crippen molar-refractivity contribution in [2.75, 3.05) is 11.4 Å². The lowest BCUT2D eigenvalue weighted by molar-refractivity contribution is 0.685. The molecule has 0 saturated carbocycles. The second-order valence-corrected chi connectivity index (χ2v) is 6.05. The monoisotopic (exact) mass is 353 g/mol. The van der Waals surface area contributed by atoms with Crippen molar-refractivity contribution in [3.05, 3.63) is 55.4 Å². The van der Waals surface area contributed by atoms with Crippen LogP contribution in [0.3, 0.4) is 0 Å². The molecule has 0 atom stereocenters. The molecule has 4 nitrogen and oxygen atoms in total. The largest absolute Gasteiger partial charge is 0.364 e. The summed E-state index contributed by atoms with van der Waals surface area (Å²) in [5, 5.41) is 4.29. The SMILES string of the molecule is Cn1ncc(N2CCc3cccc(Br)c3C2)c(Cl)c1=O. The molecule has 0 amide bonds. The lowest BCUT2D eigenvalue weighted by Crippen LogP contribution is -2.33. The Morgan fingerprint density at radius 1 is 1.40 bits per heavy atom. The van der Waals surface area contributed by atoms with Gasteiger partial charge >= 0.3 is 0 Å². The predicted octanol–water partition coefficient (Wildman–Crippen LogP) is 2.76. The Hall–Kier alpha value is -1.33. The van der Waals surface area contributed by atoms with Crippen LogP contribution in [0.1, 0.15) is 11.1 Å². The van der Waals surface area contributed by atoms with E-state index in [1.165, 1.54) is 15.8 Å². The Morgan fingerprint density at radius 3 is 3.00 bits per heavy atom. The number of hydrogen-bond acceptors (Lipinski definition) is 3. The minimum atomic E-state index is -0.262. The summed E-state index contributed by atoms with van der Waals surface area (Å²) in [6, 6.07) is 6.22. The Morgan fingerprint density at radius 2 is 2.20 bits per heavy atom. The zero-order valence-corrected chi connectivity index (χ0v) is 13.3. The summed E-state index contributed by atoms with van der Waals surface area (Å²) in [6.07, 6.45) is 2.59. The number of aryl methyl sites for hydroxylation is 1. The van der Waals surface area contributed by atoms with Crippen LogP contribution in [0, 0.1) is 0 Å². The Kier molecular flexibility index (Phi) is 3.56. The van der Waals surface area contributed by atoms with Crippen LogP contribution in [0.15, 0.2) is 33.7 Å². The summed E-state index contributed by atoms with van der Waals surface area (Å²) in [6.45, 7) is 1.56. The molecule has 2 heterocycles. The van der Waals surface area contributed by atoms with E-state index in [9.17, 15) is 4.79 Å². The minimum absolute atomic E-state index is 0.234. The summed E-state index contributed by atoms with van der Waals surface area (Å²) in [5.41, 5.74) is 3.03. The van der Waals surface area contributed by atoms with Crippen molar-refractivity contribution in [2.24, 2.45) is 7.05 Å². The maximum atomic E-state index is 11.9. The molecule has 1 aromatic heterocycles. The number of anilines is 1. The first-order valence-corrected chi connectivity index (χ1v) is 7.48. The molecule has 1 aromatic carbocycles. The number of benzene rings is 1. The minimum Gasteiger partial charge on any atom is -0.364 e. The third kappa shape index (κ3) is 2.25. The summed E-state index contributed by atoms with van der Waals surface area (Å²) >= 11 is 9.76. The molecule has 0 aliphatic carbocycles.